The number of hydrogen-bond acceptors (Lipinski definition) is 1. The van der Waals surface area contributed by atoms with Gasteiger partial charge in [0.1, 0.15) is 5.82 Å². The molecule has 2 aliphatic rings. The van der Waals surface area contributed by atoms with Crippen LogP contribution in [0.15, 0.2) is 164 Å². The molecule has 0 atom stereocenters. The lowest BCUT2D eigenvalue weighted by atomic mass is 9.69. The molecule has 0 unspecified atom stereocenters. The highest BCUT2D eigenvalue weighted by Gasteiger charge is 2.52. The second-order valence-corrected chi connectivity index (χ2v) is 13.6. The largest absolute Gasteiger partial charge is 0.327 e. The summed E-state index contributed by atoms with van der Waals surface area (Å²) in [5.41, 5.74) is 16.1. The summed E-state index contributed by atoms with van der Waals surface area (Å²) in [4.78, 5) is 4.99. The highest BCUT2D eigenvalue weighted by atomic mass is 15.1. The van der Waals surface area contributed by atoms with Crippen LogP contribution < -0.4 is 0 Å². The SMILES string of the molecule is Cn1c(-c2cccc(-c3ccc4c5c(ccc4c3)-c3cc4ccccc4cc3C53c4ccccc4-c4ccccc43)c2)nc2ccccc21. The van der Waals surface area contributed by atoms with Gasteiger partial charge in [-0.15, -0.1) is 0 Å². The van der Waals surface area contributed by atoms with E-state index in [4.69, 9.17) is 4.98 Å². The fourth-order valence-electron chi connectivity index (χ4n) is 9.08. The Labute approximate surface area is 284 Å². The van der Waals surface area contributed by atoms with Crippen LogP contribution in [0, 0.1) is 0 Å². The van der Waals surface area contributed by atoms with Crippen molar-refractivity contribution in [1.29, 1.82) is 0 Å². The van der Waals surface area contributed by atoms with Crippen molar-refractivity contribution in [2.24, 2.45) is 7.05 Å². The molecule has 2 heteroatoms. The van der Waals surface area contributed by atoms with E-state index in [1.807, 2.05) is 0 Å². The van der Waals surface area contributed by atoms with Gasteiger partial charge in [-0.25, -0.2) is 4.98 Å². The number of fused-ring (bicyclic) bond motifs is 14. The Hall–Kier alpha value is -6.25. The van der Waals surface area contributed by atoms with Crippen molar-refractivity contribution >= 4 is 32.6 Å². The maximum Gasteiger partial charge on any atom is 0.140 e. The van der Waals surface area contributed by atoms with Crippen LogP contribution in [-0.2, 0) is 12.5 Å². The molecular formula is C47H30N2. The molecule has 9 aromatic rings. The smallest absolute Gasteiger partial charge is 0.140 e. The van der Waals surface area contributed by atoms with Crippen molar-refractivity contribution < 1.29 is 0 Å². The van der Waals surface area contributed by atoms with E-state index in [9.17, 15) is 0 Å². The van der Waals surface area contributed by atoms with Gasteiger partial charge in [0, 0.05) is 12.6 Å². The van der Waals surface area contributed by atoms with Crippen molar-refractivity contribution in [2.45, 2.75) is 5.41 Å². The van der Waals surface area contributed by atoms with E-state index in [-0.39, 0.29) is 0 Å². The van der Waals surface area contributed by atoms with Crippen LogP contribution in [0.25, 0.3) is 77.3 Å². The topological polar surface area (TPSA) is 17.8 Å². The lowest BCUT2D eigenvalue weighted by Crippen LogP contribution is -2.26. The van der Waals surface area contributed by atoms with Crippen molar-refractivity contribution in [3.8, 4) is 44.8 Å². The fraction of sp³-hybridized carbons (Fsp3) is 0.0426. The standard InChI is InChI=1S/C47H30N2/c1-49-44-20-9-8-19-43(44)48-46(49)34-14-10-13-29(26-34)32-21-23-35-33(25-32)22-24-38-39-27-30-11-2-3-12-31(30)28-42(39)47(45(35)38)40-17-6-4-15-36(40)37-16-5-7-18-41(37)47/h2-28H,1H3. The third-order valence-electron chi connectivity index (χ3n) is 11.2. The molecule has 2 nitrogen and oxygen atoms in total. The maximum atomic E-state index is 4.99. The van der Waals surface area contributed by atoms with Gasteiger partial charge in [0.2, 0.25) is 0 Å². The van der Waals surface area contributed by atoms with E-state index in [1.54, 1.807) is 0 Å². The molecule has 1 heterocycles. The number of imidazole rings is 1. The van der Waals surface area contributed by atoms with Crippen molar-refractivity contribution in [2.75, 3.05) is 0 Å². The van der Waals surface area contributed by atoms with Gasteiger partial charge in [-0.2, -0.15) is 0 Å². The molecular weight excluding hydrogens is 593 g/mol. The number of hydrogen-bond donors (Lipinski definition) is 0. The van der Waals surface area contributed by atoms with Gasteiger partial charge < -0.3 is 4.57 Å². The van der Waals surface area contributed by atoms with Crippen LogP contribution in [0.2, 0.25) is 0 Å². The lowest BCUT2D eigenvalue weighted by Gasteiger charge is -2.31. The first-order valence-electron chi connectivity index (χ1n) is 17.0. The number of benzene rings is 8. The summed E-state index contributed by atoms with van der Waals surface area (Å²) in [5, 5.41) is 5.12. The first-order chi connectivity index (χ1) is 24.2. The summed E-state index contributed by atoms with van der Waals surface area (Å²) in [5.74, 6) is 0.979. The number of nitrogens with zero attached hydrogens (tertiary/aromatic N) is 2. The van der Waals surface area contributed by atoms with Crippen molar-refractivity contribution in [3.63, 3.8) is 0 Å². The summed E-state index contributed by atoms with van der Waals surface area (Å²) in [7, 11) is 2.10. The molecule has 0 radical (unpaired) electrons. The van der Waals surface area contributed by atoms with Gasteiger partial charge in [-0.1, -0.05) is 127 Å². The van der Waals surface area contributed by atoms with Crippen LogP contribution in [0.3, 0.4) is 0 Å². The molecule has 0 N–H and O–H groups in total. The molecule has 2 aliphatic carbocycles. The second-order valence-electron chi connectivity index (χ2n) is 13.6. The first-order valence-corrected chi connectivity index (χ1v) is 17.0. The maximum absolute atomic E-state index is 4.99. The Morgan fingerprint density at radius 2 is 1.12 bits per heavy atom. The summed E-state index contributed by atoms with van der Waals surface area (Å²) in [6.45, 7) is 0. The van der Waals surface area contributed by atoms with Crippen LogP contribution >= 0.6 is 0 Å². The summed E-state index contributed by atoms with van der Waals surface area (Å²) in [6.07, 6.45) is 0. The quantitative estimate of drug-likeness (QED) is 0.188. The normalized spacial score (nSPS) is 13.6. The van der Waals surface area contributed by atoms with Gasteiger partial charge in [0.15, 0.2) is 0 Å². The van der Waals surface area contributed by atoms with Gasteiger partial charge >= 0.3 is 0 Å². The highest BCUT2D eigenvalue weighted by molar-refractivity contribution is 6.07. The molecule has 49 heavy (non-hydrogen) atoms. The average Bonchev–Trinajstić information content (AvgIpc) is 3.77. The number of para-hydroxylation sites is 2. The number of rotatable bonds is 2. The van der Waals surface area contributed by atoms with Crippen LogP contribution in [0.5, 0.6) is 0 Å². The zero-order valence-corrected chi connectivity index (χ0v) is 27.0. The molecule has 0 aliphatic heterocycles. The lowest BCUT2D eigenvalue weighted by molar-refractivity contribution is 0.802. The van der Waals surface area contributed by atoms with Gasteiger partial charge in [-0.05, 0) is 114 Å². The molecule has 8 aromatic carbocycles. The van der Waals surface area contributed by atoms with Crippen LogP contribution in [-0.4, -0.2) is 9.55 Å². The summed E-state index contributed by atoms with van der Waals surface area (Å²) < 4.78 is 2.19. The molecule has 0 saturated heterocycles. The molecule has 0 fully saturated rings. The highest BCUT2D eigenvalue weighted by Crippen LogP contribution is 2.64. The molecule has 0 saturated carbocycles. The molecule has 11 rings (SSSR count). The van der Waals surface area contributed by atoms with E-state index in [1.165, 1.54) is 77.2 Å². The Bertz CT molecular complexity index is 2810. The molecule has 228 valence electrons. The Morgan fingerprint density at radius 1 is 0.449 bits per heavy atom. The van der Waals surface area contributed by atoms with E-state index >= 15 is 0 Å². The molecule has 1 spiro atoms. The summed E-state index contributed by atoms with van der Waals surface area (Å²) in [6, 6.07) is 60.8. The first kappa shape index (κ1) is 26.8. The Morgan fingerprint density at radius 3 is 1.92 bits per heavy atom. The van der Waals surface area contributed by atoms with E-state index in [0.717, 1.165) is 22.4 Å². The van der Waals surface area contributed by atoms with Gasteiger partial charge in [0.05, 0.1) is 16.4 Å². The zero-order chi connectivity index (χ0) is 32.3. The van der Waals surface area contributed by atoms with Crippen LogP contribution in [0.1, 0.15) is 22.3 Å². The second kappa shape index (κ2) is 9.65. The van der Waals surface area contributed by atoms with Crippen LogP contribution in [0.4, 0.5) is 0 Å². The predicted molar refractivity (Wildman–Crippen MR) is 203 cm³/mol. The molecule has 1 aromatic heterocycles. The minimum Gasteiger partial charge on any atom is -0.327 e. The van der Waals surface area contributed by atoms with Crippen molar-refractivity contribution in [1.82, 2.24) is 9.55 Å². The Balaban J connectivity index is 1.16. The zero-order valence-electron chi connectivity index (χ0n) is 27.0. The van der Waals surface area contributed by atoms with E-state index in [2.05, 4.69) is 175 Å². The summed E-state index contributed by atoms with van der Waals surface area (Å²) >= 11 is 0. The molecule has 0 bridgehead atoms. The van der Waals surface area contributed by atoms with E-state index in [0.29, 0.717) is 0 Å². The monoisotopic (exact) mass is 622 g/mol. The number of aryl methyl sites for hydroxylation is 1. The minimum atomic E-state index is -0.400. The van der Waals surface area contributed by atoms with Crippen molar-refractivity contribution in [3.05, 3.63) is 186 Å². The number of aromatic nitrogens is 2. The Kier molecular flexibility index (Phi) is 5.28. The minimum absolute atomic E-state index is 0.400. The third-order valence-corrected chi connectivity index (χ3v) is 11.2. The fourth-order valence-corrected chi connectivity index (χ4v) is 9.08. The molecule has 0 amide bonds. The van der Waals surface area contributed by atoms with E-state index < -0.39 is 5.41 Å². The van der Waals surface area contributed by atoms with Gasteiger partial charge in [0.25, 0.3) is 0 Å². The predicted octanol–water partition coefficient (Wildman–Crippen LogP) is 11.6. The van der Waals surface area contributed by atoms with Gasteiger partial charge in [-0.3, -0.25) is 0 Å². The third kappa shape index (κ3) is 3.48. The average molecular weight is 623 g/mol.